The number of fused-ring (bicyclic) bond motifs is 2. The van der Waals surface area contributed by atoms with E-state index < -0.39 is 0 Å². The van der Waals surface area contributed by atoms with Gasteiger partial charge in [0.25, 0.3) is 0 Å². The van der Waals surface area contributed by atoms with E-state index >= 15 is 0 Å². The van der Waals surface area contributed by atoms with Crippen LogP contribution in [0.25, 0.3) is 0 Å². The van der Waals surface area contributed by atoms with Gasteiger partial charge in [0, 0.05) is 0 Å². The zero-order chi connectivity index (χ0) is 40.0. The first-order chi connectivity index (χ1) is 29.6. The molecule has 0 N–H and O–H groups in total. The summed E-state index contributed by atoms with van der Waals surface area (Å²) in [6.45, 7) is 23.1. The highest BCUT2D eigenvalue weighted by Gasteiger charge is 2.85. The Kier molecular flexibility index (Phi) is 6.58. The molecule has 18 fully saturated rings. The molecule has 18 rings (SSSR count). The van der Waals surface area contributed by atoms with Crippen LogP contribution in [-0.4, -0.2) is 0 Å². The summed E-state index contributed by atoms with van der Waals surface area (Å²) < 4.78 is 0. The minimum atomic E-state index is 0.975. The molecular formula is C61H88. The van der Waals surface area contributed by atoms with Crippen molar-refractivity contribution < 1.29 is 0 Å². The lowest BCUT2D eigenvalue weighted by atomic mass is 9.17. The summed E-state index contributed by atoms with van der Waals surface area (Å²) in [5.74, 6) is 46.9. The second kappa shape index (κ2) is 11.1. The summed E-state index contributed by atoms with van der Waals surface area (Å²) in [4.78, 5) is 0. The predicted molar refractivity (Wildman–Crippen MR) is 243 cm³/mol. The molecule has 0 nitrogen and oxygen atoms in total. The van der Waals surface area contributed by atoms with E-state index in [1.807, 2.05) is 0 Å². The summed E-state index contributed by atoms with van der Waals surface area (Å²) in [7, 11) is 0. The molecule has 0 heterocycles. The Morgan fingerprint density at radius 2 is 0.426 bits per heavy atom. The Morgan fingerprint density at radius 3 is 0.787 bits per heavy atom. The maximum atomic E-state index is 2.93. The standard InChI is InChI=1S/C61H88/c1-20-13-30-17-33-19-34-18-31-14-21(2)23(4)38-40-27(8)25(6)36-12-10-29-16-32-15-28-9-11-35-24(5)26(7)39-37(22(20)3)43(30)54-46(33)56-47(34)55(44(31)38)58-51(40)49(36)42(29)53-45(32)52-41(28)48(35)50(39)57(54)59(52)61(56)60(53)58/h20-61H,9-19H2,1-8H3. The monoisotopic (exact) mass is 821 g/mol. The molecule has 0 aromatic heterocycles. The molecule has 332 valence electrons. The predicted octanol–water partition coefficient (Wildman–Crippen LogP) is 13.6. The first-order valence-corrected chi connectivity index (χ1v) is 29.6. The molecule has 61 heavy (non-hydrogen) atoms. The highest BCUT2D eigenvalue weighted by atomic mass is 14.9. The van der Waals surface area contributed by atoms with Crippen molar-refractivity contribution >= 4 is 0 Å². The molecule has 18 aliphatic carbocycles. The lowest BCUT2D eigenvalue weighted by Gasteiger charge is -2.87. The van der Waals surface area contributed by atoms with Crippen molar-refractivity contribution in [2.24, 2.45) is 249 Å². The largest absolute Gasteiger partial charge is 0.0622 e. The van der Waals surface area contributed by atoms with Crippen LogP contribution in [0.15, 0.2) is 0 Å². The van der Waals surface area contributed by atoms with Gasteiger partial charge in [-0.15, -0.1) is 0 Å². The molecule has 0 aromatic rings. The van der Waals surface area contributed by atoms with E-state index in [2.05, 4.69) is 55.4 Å². The fraction of sp³-hybridized carbons (Fsp3) is 1.00. The van der Waals surface area contributed by atoms with Crippen LogP contribution < -0.4 is 0 Å². The van der Waals surface area contributed by atoms with Gasteiger partial charge >= 0.3 is 0 Å². The lowest BCUT2D eigenvalue weighted by Crippen LogP contribution is -2.83. The van der Waals surface area contributed by atoms with Crippen molar-refractivity contribution in [3.63, 3.8) is 0 Å². The molecule has 18 aliphatic rings. The van der Waals surface area contributed by atoms with E-state index in [1.54, 1.807) is 70.6 Å². The molecule has 38 atom stereocenters. The van der Waals surface area contributed by atoms with Crippen LogP contribution in [0.4, 0.5) is 0 Å². The van der Waals surface area contributed by atoms with Gasteiger partial charge in [0.05, 0.1) is 0 Å². The summed E-state index contributed by atoms with van der Waals surface area (Å²) >= 11 is 0. The van der Waals surface area contributed by atoms with Crippen molar-refractivity contribution in [3.05, 3.63) is 0 Å². The van der Waals surface area contributed by atoms with E-state index in [1.165, 1.54) is 88.8 Å². The fourth-order valence-electron chi connectivity index (χ4n) is 31.9. The molecule has 0 spiro atoms. The van der Waals surface area contributed by atoms with Gasteiger partial charge in [-0.05, 0) is 319 Å². The number of rotatable bonds is 0. The van der Waals surface area contributed by atoms with Gasteiger partial charge in [-0.2, -0.15) is 0 Å². The third-order valence-corrected chi connectivity index (χ3v) is 31.9. The molecule has 0 saturated heterocycles. The second-order valence-electron chi connectivity index (χ2n) is 31.0. The van der Waals surface area contributed by atoms with Gasteiger partial charge in [0.2, 0.25) is 0 Å². The SMILES string of the molecule is CC1CC2CC3CC4CC5CC(C)C(C)C6C5C5C4C4C3C3C2C(C1C)C1C(C)C(C)C2CCC7CC8CC9CCC%10C(C)C(C)C6C6C%10C9C9C8C8C7C2C1C3C8C4C9C56. The average Bonchev–Trinajstić information content (AvgIpc) is 3.25. The molecule has 38 unspecified atom stereocenters. The van der Waals surface area contributed by atoms with Gasteiger partial charge in [0.1, 0.15) is 0 Å². The van der Waals surface area contributed by atoms with Gasteiger partial charge in [0.15, 0.2) is 0 Å². The zero-order valence-electron chi connectivity index (χ0n) is 40.0. The van der Waals surface area contributed by atoms with Crippen molar-refractivity contribution in [2.75, 3.05) is 0 Å². The summed E-state index contributed by atoms with van der Waals surface area (Å²) in [5.41, 5.74) is 0. The summed E-state index contributed by atoms with van der Waals surface area (Å²) in [6, 6.07) is 0. The van der Waals surface area contributed by atoms with Crippen LogP contribution >= 0.6 is 0 Å². The second-order valence-corrected chi connectivity index (χ2v) is 31.0. The Morgan fingerprint density at radius 1 is 0.180 bits per heavy atom. The van der Waals surface area contributed by atoms with Gasteiger partial charge < -0.3 is 0 Å². The highest BCUT2D eigenvalue weighted by molar-refractivity contribution is 5.32. The smallest absolute Gasteiger partial charge is 0.0312 e. The molecule has 0 aliphatic heterocycles. The third-order valence-electron chi connectivity index (χ3n) is 31.9. The minimum absolute atomic E-state index is 0.975. The molecule has 0 amide bonds. The van der Waals surface area contributed by atoms with E-state index in [9.17, 15) is 0 Å². The topological polar surface area (TPSA) is 0 Å². The third kappa shape index (κ3) is 3.56. The lowest BCUT2D eigenvalue weighted by molar-refractivity contribution is -0.400. The van der Waals surface area contributed by atoms with Crippen molar-refractivity contribution in [1.82, 2.24) is 0 Å². The van der Waals surface area contributed by atoms with Crippen molar-refractivity contribution in [1.29, 1.82) is 0 Å². The Hall–Kier alpha value is 0. The average molecular weight is 821 g/mol. The Labute approximate surface area is 373 Å². The van der Waals surface area contributed by atoms with Crippen LogP contribution in [0.5, 0.6) is 0 Å². The maximum absolute atomic E-state index is 2.93. The van der Waals surface area contributed by atoms with Crippen LogP contribution in [0, 0.1) is 249 Å². The molecular weight excluding hydrogens is 733 g/mol. The zero-order valence-corrected chi connectivity index (χ0v) is 40.0. The first-order valence-electron chi connectivity index (χ1n) is 29.6. The van der Waals surface area contributed by atoms with E-state index in [4.69, 9.17) is 0 Å². The normalized spacial score (nSPS) is 79.1. The molecule has 0 radical (unpaired) electrons. The van der Waals surface area contributed by atoms with Crippen molar-refractivity contribution in [2.45, 2.75) is 126 Å². The van der Waals surface area contributed by atoms with E-state index in [0.29, 0.717) is 0 Å². The molecule has 0 bridgehead atoms. The van der Waals surface area contributed by atoms with Gasteiger partial charge in [-0.1, -0.05) is 55.4 Å². The number of hydrogen-bond acceptors (Lipinski definition) is 0. The number of hydrogen-bond donors (Lipinski definition) is 0. The van der Waals surface area contributed by atoms with Crippen LogP contribution in [0.2, 0.25) is 0 Å². The molecule has 18 saturated carbocycles. The first kappa shape index (κ1) is 36.1. The Balaban J connectivity index is 0.931. The molecule has 0 heteroatoms. The minimum Gasteiger partial charge on any atom is -0.0622 e. The van der Waals surface area contributed by atoms with Gasteiger partial charge in [-0.25, -0.2) is 0 Å². The van der Waals surface area contributed by atoms with Gasteiger partial charge in [-0.3, -0.25) is 0 Å². The summed E-state index contributed by atoms with van der Waals surface area (Å²) in [6.07, 6.45) is 18.6. The fourth-order valence-corrected chi connectivity index (χ4v) is 31.9. The molecule has 0 aromatic carbocycles. The Bertz CT molecular complexity index is 1810. The van der Waals surface area contributed by atoms with E-state index in [0.717, 1.165) is 160 Å². The maximum Gasteiger partial charge on any atom is -0.0312 e. The van der Waals surface area contributed by atoms with E-state index in [-0.39, 0.29) is 0 Å². The quantitative estimate of drug-likeness (QED) is 0.228. The van der Waals surface area contributed by atoms with Crippen molar-refractivity contribution in [3.8, 4) is 0 Å². The van der Waals surface area contributed by atoms with Crippen LogP contribution in [0.1, 0.15) is 126 Å². The highest BCUT2D eigenvalue weighted by Crippen LogP contribution is 2.89. The summed E-state index contributed by atoms with van der Waals surface area (Å²) in [5, 5.41) is 0. The van der Waals surface area contributed by atoms with Crippen LogP contribution in [0.3, 0.4) is 0 Å². The van der Waals surface area contributed by atoms with Crippen LogP contribution in [-0.2, 0) is 0 Å².